The summed E-state index contributed by atoms with van der Waals surface area (Å²) < 4.78 is 0. The first-order valence-corrected chi connectivity index (χ1v) is 10.7. The van der Waals surface area contributed by atoms with Gasteiger partial charge in [-0.15, -0.1) is 0 Å². The molecular formula is C23H35N3O2. The molecule has 1 aliphatic heterocycles. The van der Waals surface area contributed by atoms with Crippen molar-refractivity contribution in [3.8, 4) is 0 Å². The Morgan fingerprint density at radius 1 is 1.21 bits per heavy atom. The predicted octanol–water partition coefficient (Wildman–Crippen LogP) is 3.64. The predicted molar refractivity (Wildman–Crippen MR) is 115 cm³/mol. The lowest BCUT2D eigenvalue weighted by molar-refractivity contribution is -0.116. The molecule has 0 bridgehead atoms. The minimum atomic E-state index is -0.00756. The molecule has 0 aliphatic carbocycles. The first-order chi connectivity index (χ1) is 13.7. The van der Waals surface area contributed by atoms with Crippen LogP contribution in [0.3, 0.4) is 0 Å². The van der Waals surface area contributed by atoms with E-state index in [1.165, 1.54) is 19.3 Å². The topological polar surface area (TPSA) is 52.7 Å². The van der Waals surface area contributed by atoms with Gasteiger partial charge in [-0.1, -0.05) is 25.1 Å². The molecule has 0 unspecified atom stereocenters. The number of hydrogen-bond acceptors (Lipinski definition) is 4. The van der Waals surface area contributed by atoms with E-state index >= 15 is 0 Å². The molecule has 1 heterocycles. The molecule has 0 aromatic heterocycles. The van der Waals surface area contributed by atoms with Crippen molar-refractivity contribution < 1.29 is 9.59 Å². The van der Waals surface area contributed by atoms with Gasteiger partial charge in [-0.3, -0.25) is 4.79 Å². The van der Waals surface area contributed by atoms with Crippen molar-refractivity contribution in [2.75, 3.05) is 37.6 Å². The van der Waals surface area contributed by atoms with E-state index < -0.39 is 0 Å². The van der Waals surface area contributed by atoms with Crippen LogP contribution < -0.4 is 10.2 Å². The zero-order chi connectivity index (χ0) is 20.2. The molecule has 28 heavy (non-hydrogen) atoms. The second-order valence-electron chi connectivity index (χ2n) is 7.63. The highest BCUT2D eigenvalue weighted by molar-refractivity contribution is 5.91. The summed E-state index contributed by atoms with van der Waals surface area (Å²) in [4.78, 5) is 27.5. The van der Waals surface area contributed by atoms with Gasteiger partial charge in [0.1, 0.15) is 11.6 Å². The fraction of sp³-hybridized carbons (Fsp3) is 0.609. The smallest absolute Gasteiger partial charge is 0.223 e. The number of nitrogens with zero attached hydrogens (tertiary/aromatic N) is 2. The molecular weight excluding hydrogens is 350 g/mol. The van der Waals surface area contributed by atoms with Crippen LogP contribution in [0.5, 0.6) is 0 Å². The van der Waals surface area contributed by atoms with Crippen LogP contribution in [0.4, 0.5) is 5.69 Å². The molecule has 0 radical (unpaired) electrons. The highest BCUT2D eigenvalue weighted by atomic mass is 16.2. The number of piperidine rings is 1. The lowest BCUT2D eigenvalue weighted by Crippen LogP contribution is -2.36. The summed E-state index contributed by atoms with van der Waals surface area (Å²) in [7, 11) is 0. The molecule has 1 N–H and O–H groups in total. The van der Waals surface area contributed by atoms with Crippen molar-refractivity contribution in [3.05, 3.63) is 36.0 Å². The molecule has 1 aromatic rings. The van der Waals surface area contributed by atoms with Crippen molar-refractivity contribution in [1.82, 2.24) is 10.2 Å². The number of amides is 1. The Morgan fingerprint density at radius 3 is 2.54 bits per heavy atom. The standard InChI is InChI=1S/C23H35N3O2/c1-3-14-24-15-7-8-21-11-16-25(17-12-21)23(19-27)13-18-26(20(2)28)22-9-5-4-6-10-22/h4-6,9-10,21,24H,3,7-8,11-18H2,1-2H3. The van der Waals surface area contributed by atoms with Gasteiger partial charge in [0.25, 0.3) is 0 Å². The van der Waals surface area contributed by atoms with Gasteiger partial charge >= 0.3 is 0 Å². The summed E-state index contributed by atoms with van der Waals surface area (Å²) in [5, 5.41) is 3.46. The third-order valence-electron chi connectivity index (χ3n) is 5.53. The normalized spacial score (nSPS) is 14.6. The minimum Gasteiger partial charge on any atom is -0.366 e. The molecule has 5 nitrogen and oxygen atoms in total. The van der Waals surface area contributed by atoms with Crippen LogP contribution in [0.15, 0.2) is 36.0 Å². The summed E-state index contributed by atoms with van der Waals surface area (Å²) in [5.41, 5.74) is 1.57. The quantitative estimate of drug-likeness (QED) is 0.467. The summed E-state index contributed by atoms with van der Waals surface area (Å²) >= 11 is 0. The van der Waals surface area contributed by atoms with Crippen molar-refractivity contribution in [2.45, 2.75) is 52.4 Å². The van der Waals surface area contributed by atoms with Crippen molar-refractivity contribution in [1.29, 1.82) is 0 Å². The lowest BCUT2D eigenvalue weighted by atomic mass is 9.92. The van der Waals surface area contributed by atoms with Crippen molar-refractivity contribution in [2.24, 2.45) is 5.92 Å². The SMILES string of the molecule is CCCNCCCC1CCN(C(=C=O)CCN(C(C)=O)c2ccccc2)CC1. The maximum Gasteiger partial charge on any atom is 0.223 e. The molecule has 1 aromatic carbocycles. The fourth-order valence-corrected chi connectivity index (χ4v) is 3.88. The van der Waals surface area contributed by atoms with Crippen LogP contribution >= 0.6 is 0 Å². The Hall–Kier alpha value is -2.10. The third-order valence-corrected chi connectivity index (χ3v) is 5.53. The summed E-state index contributed by atoms with van der Waals surface area (Å²) in [6, 6.07) is 9.62. The van der Waals surface area contributed by atoms with Gasteiger partial charge in [0.2, 0.25) is 5.91 Å². The third kappa shape index (κ3) is 7.14. The number of benzene rings is 1. The van der Waals surface area contributed by atoms with Gasteiger partial charge in [-0.2, -0.15) is 0 Å². The number of nitrogens with one attached hydrogen (secondary N) is 1. The van der Waals surface area contributed by atoms with Gasteiger partial charge < -0.3 is 15.1 Å². The highest BCUT2D eigenvalue weighted by Crippen LogP contribution is 2.25. The highest BCUT2D eigenvalue weighted by Gasteiger charge is 2.22. The van der Waals surface area contributed by atoms with Crippen molar-refractivity contribution in [3.63, 3.8) is 0 Å². The average molecular weight is 386 g/mol. The Kier molecular flexibility index (Phi) is 9.81. The molecule has 0 atom stereocenters. The van der Waals surface area contributed by atoms with Gasteiger partial charge in [0, 0.05) is 38.7 Å². The molecule has 154 valence electrons. The van der Waals surface area contributed by atoms with E-state index in [4.69, 9.17) is 0 Å². The molecule has 1 fully saturated rings. The first-order valence-electron chi connectivity index (χ1n) is 10.7. The number of hydrogen-bond donors (Lipinski definition) is 1. The zero-order valence-electron chi connectivity index (χ0n) is 17.5. The molecule has 5 heteroatoms. The Morgan fingerprint density at radius 2 is 1.93 bits per heavy atom. The van der Waals surface area contributed by atoms with E-state index in [0.29, 0.717) is 18.7 Å². The van der Waals surface area contributed by atoms with E-state index in [1.54, 1.807) is 11.8 Å². The molecule has 1 aliphatic rings. The number of anilines is 1. The maximum absolute atomic E-state index is 12.0. The summed E-state index contributed by atoms with van der Waals surface area (Å²) in [6.45, 7) is 8.31. The van der Waals surface area contributed by atoms with E-state index in [2.05, 4.69) is 23.1 Å². The Bertz CT molecular complexity index is 633. The second-order valence-corrected chi connectivity index (χ2v) is 7.63. The summed E-state index contributed by atoms with van der Waals surface area (Å²) in [6.07, 6.45) is 6.48. The van der Waals surface area contributed by atoms with E-state index in [9.17, 15) is 9.59 Å². The Labute approximate surface area is 169 Å². The lowest BCUT2D eigenvalue weighted by Gasteiger charge is -2.34. The van der Waals surface area contributed by atoms with Crippen LogP contribution in [0.2, 0.25) is 0 Å². The second kappa shape index (κ2) is 12.4. The van der Waals surface area contributed by atoms with Crippen LogP contribution in [0.25, 0.3) is 0 Å². The molecule has 0 saturated carbocycles. The van der Waals surface area contributed by atoms with Crippen LogP contribution in [0.1, 0.15) is 52.4 Å². The fourth-order valence-electron chi connectivity index (χ4n) is 3.88. The number of carbonyl (C=O) groups excluding carboxylic acids is 2. The molecule has 1 saturated heterocycles. The zero-order valence-corrected chi connectivity index (χ0v) is 17.5. The molecule has 0 spiro atoms. The largest absolute Gasteiger partial charge is 0.366 e. The van der Waals surface area contributed by atoms with E-state index in [0.717, 1.165) is 50.6 Å². The van der Waals surface area contributed by atoms with E-state index in [1.807, 2.05) is 30.3 Å². The number of carbonyl (C=O) groups is 1. The number of rotatable bonds is 11. The summed E-state index contributed by atoms with van der Waals surface area (Å²) in [5.74, 6) is 2.89. The van der Waals surface area contributed by atoms with Gasteiger partial charge in [-0.05, 0) is 63.2 Å². The molecule has 1 amide bonds. The van der Waals surface area contributed by atoms with Gasteiger partial charge in [0.15, 0.2) is 0 Å². The minimum absolute atomic E-state index is 0.00756. The Balaban J connectivity index is 1.78. The van der Waals surface area contributed by atoms with Gasteiger partial charge in [0.05, 0.1) is 0 Å². The van der Waals surface area contributed by atoms with Crippen LogP contribution in [-0.4, -0.2) is 49.5 Å². The van der Waals surface area contributed by atoms with Crippen LogP contribution in [-0.2, 0) is 9.59 Å². The van der Waals surface area contributed by atoms with Crippen molar-refractivity contribution >= 4 is 17.5 Å². The van der Waals surface area contributed by atoms with Gasteiger partial charge in [-0.25, -0.2) is 4.79 Å². The maximum atomic E-state index is 12.0. The number of likely N-dealkylation sites (tertiary alicyclic amines) is 1. The first kappa shape index (κ1) is 22.2. The monoisotopic (exact) mass is 385 g/mol. The number of para-hydroxylation sites is 1. The van der Waals surface area contributed by atoms with Crippen LogP contribution in [0, 0.1) is 5.92 Å². The average Bonchev–Trinajstić information content (AvgIpc) is 2.72. The van der Waals surface area contributed by atoms with E-state index in [-0.39, 0.29) is 5.91 Å². The molecule has 2 rings (SSSR count).